The zero-order valence-corrected chi connectivity index (χ0v) is 12.1. The predicted octanol–water partition coefficient (Wildman–Crippen LogP) is 4.29. The Labute approximate surface area is 127 Å². The Balaban J connectivity index is 0.000000205. The Morgan fingerprint density at radius 2 is 1.35 bits per heavy atom. The van der Waals surface area contributed by atoms with E-state index in [0.717, 1.165) is 17.5 Å². The maximum atomic E-state index is 11.8. The summed E-state index contributed by atoms with van der Waals surface area (Å²) in [6.45, 7) is 0. The molecule has 0 atom stereocenters. The molecule has 0 bridgehead atoms. The van der Waals surface area contributed by atoms with Crippen molar-refractivity contribution in [3.8, 4) is 0 Å². The molecule has 0 saturated heterocycles. The molecular formula is C18H15FeO. The van der Waals surface area contributed by atoms with Crippen LogP contribution >= 0.6 is 0 Å². The Bertz CT molecular complexity index is 571. The van der Waals surface area contributed by atoms with Gasteiger partial charge in [-0.3, -0.25) is 4.79 Å². The maximum absolute atomic E-state index is 11.8. The van der Waals surface area contributed by atoms with Gasteiger partial charge in [0, 0.05) is 11.1 Å². The third-order valence-electron chi connectivity index (χ3n) is 2.79. The quantitative estimate of drug-likeness (QED) is 0.597. The van der Waals surface area contributed by atoms with Gasteiger partial charge in [0.2, 0.25) is 0 Å². The normalized spacial score (nSPS) is 12.3. The molecule has 2 aromatic rings. The first-order valence-corrected chi connectivity index (χ1v) is 6.97. The van der Waals surface area contributed by atoms with Gasteiger partial charge in [0.25, 0.3) is 0 Å². The van der Waals surface area contributed by atoms with E-state index in [0.29, 0.717) is 0 Å². The second kappa shape index (κ2) is 7.64. The summed E-state index contributed by atoms with van der Waals surface area (Å²) in [5, 5.41) is 0. The molecule has 0 aliphatic heterocycles. The van der Waals surface area contributed by atoms with Crippen molar-refractivity contribution in [2.45, 2.75) is 6.42 Å². The fourth-order valence-corrected chi connectivity index (χ4v) is 2.00. The summed E-state index contributed by atoms with van der Waals surface area (Å²) in [7, 11) is 0. The van der Waals surface area contributed by atoms with Gasteiger partial charge in [-0.25, -0.2) is 0 Å². The van der Waals surface area contributed by atoms with Gasteiger partial charge in [-0.1, -0.05) is 60.7 Å². The van der Waals surface area contributed by atoms with E-state index < -0.39 is 0 Å². The number of benzene rings is 2. The van der Waals surface area contributed by atoms with Crippen molar-refractivity contribution < 1.29 is 20.8 Å². The van der Waals surface area contributed by atoms with Crippen molar-refractivity contribution in [1.29, 1.82) is 0 Å². The second-order valence-corrected chi connectivity index (χ2v) is 5.00. The van der Waals surface area contributed by atoms with Gasteiger partial charge >= 0.3 is 45.1 Å². The fraction of sp³-hybridized carbons (Fsp3) is 0.0556. The van der Waals surface area contributed by atoms with Crippen molar-refractivity contribution in [3.05, 3.63) is 94.5 Å². The van der Waals surface area contributed by atoms with Crippen LogP contribution in [0.4, 0.5) is 0 Å². The number of allylic oxidation sites excluding steroid dienone is 4. The molecule has 0 saturated carbocycles. The van der Waals surface area contributed by atoms with E-state index in [1.165, 1.54) is 4.47 Å². The summed E-state index contributed by atoms with van der Waals surface area (Å²) in [6.07, 6.45) is 7.21. The monoisotopic (exact) mass is 303 g/mol. The minimum atomic E-state index is 0.0752. The molecule has 0 spiro atoms. The summed E-state index contributed by atoms with van der Waals surface area (Å²) in [5.74, 6) is 0.0752. The number of hydrogen-bond acceptors (Lipinski definition) is 1. The minimum absolute atomic E-state index is 0.0752. The topological polar surface area (TPSA) is 17.1 Å². The number of rotatable bonds is 2. The van der Waals surface area contributed by atoms with Crippen molar-refractivity contribution in [3.63, 3.8) is 0 Å². The van der Waals surface area contributed by atoms with Gasteiger partial charge in [-0.2, -0.15) is 0 Å². The third kappa shape index (κ3) is 4.34. The van der Waals surface area contributed by atoms with Crippen LogP contribution in [-0.4, -0.2) is 5.78 Å². The van der Waals surface area contributed by atoms with Crippen LogP contribution in [0.1, 0.15) is 22.3 Å². The zero-order valence-electron chi connectivity index (χ0n) is 11.0. The van der Waals surface area contributed by atoms with Gasteiger partial charge in [0.15, 0.2) is 5.78 Å². The number of carbonyl (C=O) groups is 1. The molecule has 0 amide bonds. The predicted molar refractivity (Wildman–Crippen MR) is 78.2 cm³/mol. The molecule has 101 valence electrons. The van der Waals surface area contributed by atoms with Gasteiger partial charge in [0.05, 0.1) is 0 Å². The van der Waals surface area contributed by atoms with Crippen LogP contribution in [0.25, 0.3) is 0 Å². The Morgan fingerprint density at radius 3 is 1.65 bits per heavy atom. The molecule has 0 aromatic heterocycles. The standard InChI is InChI=1S/C13H10O.C5H5.Fe/c14-13(11-7-3-1-4-8-11)12-9-5-2-6-10-12;1-2-4-5-3-1;/h1-10H;1-3H,4H2;. The van der Waals surface area contributed by atoms with E-state index in [-0.39, 0.29) is 5.78 Å². The molecular weight excluding hydrogens is 288 g/mol. The van der Waals surface area contributed by atoms with Gasteiger partial charge < -0.3 is 0 Å². The van der Waals surface area contributed by atoms with Crippen molar-refractivity contribution in [1.82, 2.24) is 0 Å². The van der Waals surface area contributed by atoms with Gasteiger partial charge in [0.1, 0.15) is 0 Å². The molecule has 0 fully saturated rings. The molecule has 0 heterocycles. The molecule has 20 heavy (non-hydrogen) atoms. The van der Waals surface area contributed by atoms with E-state index in [2.05, 4.69) is 22.1 Å². The van der Waals surface area contributed by atoms with Crippen LogP contribution in [-0.2, 0) is 16.0 Å². The SMILES string of the molecule is O=C(c1ccccc1)c1ccccc1.[Fe][C]1=CC=CC1. The van der Waals surface area contributed by atoms with Crippen LogP contribution in [0, 0.1) is 0 Å². The van der Waals surface area contributed by atoms with E-state index in [9.17, 15) is 4.79 Å². The van der Waals surface area contributed by atoms with Crippen LogP contribution in [0.3, 0.4) is 0 Å². The summed E-state index contributed by atoms with van der Waals surface area (Å²) in [6, 6.07) is 18.6. The zero-order chi connectivity index (χ0) is 14.2. The summed E-state index contributed by atoms with van der Waals surface area (Å²) >= 11 is 3.74. The fourth-order valence-electron chi connectivity index (χ4n) is 1.76. The van der Waals surface area contributed by atoms with Crippen LogP contribution in [0.15, 0.2) is 83.4 Å². The van der Waals surface area contributed by atoms with Crippen molar-refractivity contribution in [2.75, 3.05) is 0 Å². The Kier molecular flexibility index (Phi) is 5.54. The molecule has 2 aromatic carbocycles. The third-order valence-corrected chi connectivity index (χ3v) is 3.20. The first-order chi connectivity index (χ1) is 9.77. The molecule has 0 unspecified atom stereocenters. The first-order valence-electron chi connectivity index (χ1n) is 6.42. The van der Waals surface area contributed by atoms with E-state index in [1.54, 1.807) is 0 Å². The number of carbonyl (C=O) groups excluding carboxylic acids is 1. The molecule has 1 nitrogen and oxygen atoms in total. The summed E-state index contributed by atoms with van der Waals surface area (Å²) < 4.78 is 1.22. The first kappa shape index (κ1) is 14.5. The van der Waals surface area contributed by atoms with Crippen LogP contribution in [0.5, 0.6) is 0 Å². The molecule has 1 aliphatic rings. The average molecular weight is 303 g/mol. The molecule has 3 rings (SSSR count). The van der Waals surface area contributed by atoms with Gasteiger partial charge in [-0.15, -0.1) is 0 Å². The summed E-state index contributed by atoms with van der Waals surface area (Å²) in [4.78, 5) is 11.8. The van der Waals surface area contributed by atoms with E-state index in [4.69, 9.17) is 0 Å². The number of ketones is 1. The van der Waals surface area contributed by atoms with Crippen LogP contribution < -0.4 is 0 Å². The Morgan fingerprint density at radius 1 is 0.850 bits per heavy atom. The van der Waals surface area contributed by atoms with Crippen LogP contribution in [0.2, 0.25) is 0 Å². The molecule has 0 N–H and O–H groups in total. The molecule has 0 radical (unpaired) electrons. The summed E-state index contributed by atoms with van der Waals surface area (Å²) in [5.41, 5.74) is 1.47. The molecule has 1 aliphatic carbocycles. The van der Waals surface area contributed by atoms with E-state index in [1.807, 2.05) is 72.8 Å². The van der Waals surface area contributed by atoms with Gasteiger partial charge in [-0.05, 0) is 0 Å². The molecule has 2 heteroatoms. The van der Waals surface area contributed by atoms with Crippen molar-refractivity contribution >= 4 is 5.78 Å². The van der Waals surface area contributed by atoms with Crippen molar-refractivity contribution in [2.24, 2.45) is 0 Å². The second-order valence-electron chi connectivity index (χ2n) is 4.29. The average Bonchev–Trinajstić information content (AvgIpc) is 3.00. The van der Waals surface area contributed by atoms with E-state index >= 15 is 0 Å². The Hall–Kier alpha value is -1.89. The number of hydrogen-bond donors (Lipinski definition) is 0.